The number of hydrogen-bond donors (Lipinski definition) is 10. The first-order valence-corrected chi connectivity index (χ1v) is 14.6. The van der Waals surface area contributed by atoms with Crippen LogP contribution in [0.15, 0.2) is 36.8 Å². The zero-order valence-corrected chi connectivity index (χ0v) is 25.9. The molecular formula is C29H41N9O9. The Balaban J connectivity index is 2.28. The van der Waals surface area contributed by atoms with Crippen molar-refractivity contribution in [2.45, 2.75) is 76.2 Å². The van der Waals surface area contributed by atoms with Gasteiger partial charge in [-0.1, -0.05) is 26.0 Å². The fraction of sp³-hybridized carbons (Fsp3) is 0.448. The Morgan fingerprint density at radius 1 is 0.766 bits per heavy atom. The predicted octanol–water partition coefficient (Wildman–Crippen LogP) is -2.95. The molecule has 2 aromatic rings. The van der Waals surface area contributed by atoms with E-state index in [9.17, 15) is 43.8 Å². The van der Waals surface area contributed by atoms with Gasteiger partial charge in [0.05, 0.1) is 25.2 Å². The number of primary amides is 2. The van der Waals surface area contributed by atoms with Crippen LogP contribution in [-0.4, -0.2) is 91.8 Å². The van der Waals surface area contributed by atoms with Crippen LogP contribution in [0.5, 0.6) is 5.75 Å². The van der Waals surface area contributed by atoms with Crippen LogP contribution in [0, 0.1) is 5.92 Å². The summed E-state index contributed by atoms with van der Waals surface area (Å²) in [4.78, 5) is 94.4. The maximum absolute atomic E-state index is 13.5. The van der Waals surface area contributed by atoms with Crippen LogP contribution in [0.25, 0.3) is 0 Å². The first-order valence-electron chi connectivity index (χ1n) is 14.6. The number of nitrogens with one attached hydrogen (secondary N) is 5. The summed E-state index contributed by atoms with van der Waals surface area (Å²) in [7, 11) is 0. The van der Waals surface area contributed by atoms with E-state index in [1.165, 1.54) is 36.8 Å². The molecule has 0 aliphatic carbocycles. The smallest absolute Gasteiger partial charge is 0.326 e. The molecule has 1 aromatic heterocycles. The van der Waals surface area contributed by atoms with E-state index in [0.717, 1.165) is 0 Å². The number of hydrogen-bond acceptors (Lipinski definition) is 10. The number of phenols is 1. The Hall–Kier alpha value is -5.52. The van der Waals surface area contributed by atoms with E-state index in [1.54, 1.807) is 13.8 Å². The summed E-state index contributed by atoms with van der Waals surface area (Å²) in [6, 6.07) is -1.43. The SMILES string of the molecule is CC(C)C[C@H](NC(=O)[C@H](CC(N)=O)NC(=O)[C@H](Cc1ccc(O)cc1)NC(=O)[C@@H](N)CC(N)=O)C(=O)N[C@@H](Cc1cnc[nH]1)C(=O)O. The molecule has 6 amide bonds. The fourth-order valence-electron chi connectivity index (χ4n) is 4.41. The number of aromatic nitrogens is 2. The number of carbonyl (C=O) groups is 7. The van der Waals surface area contributed by atoms with Gasteiger partial charge < -0.3 is 53.7 Å². The van der Waals surface area contributed by atoms with Gasteiger partial charge in [-0.3, -0.25) is 28.8 Å². The largest absolute Gasteiger partial charge is 0.508 e. The van der Waals surface area contributed by atoms with Gasteiger partial charge >= 0.3 is 5.97 Å². The third-order valence-electron chi connectivity index (χ3n) is 6.74. The number of aliphatic carboxylic acids is 1. The van der Waals surface area contributed by atoms with Gasteiger partial charge in [0, 0.05) is 24.7 Å². The molecule has 13 N–H and O–H groups in total. The van der Waals surface area contributed by atoms with E-state index < -0.39 is 84.5 Å². The number of carbonyl (C=O) groups excluding carboxylic acids is 6. The molecule has 0 radical (unpaired) electrons. The van der Waals surface area contributed by atoms with Crippen LogP contribution in [0.2, 0.25) is 0 Å². The highest BCUT2D eigenvalue weighted by Crippen LogP contribution is 2.13. The van der Waals surface area contributed by atoms with Crippen molar-refractivity contribution in [3.63, 3.8) is 0 Å². The number of aromatic hydroxyl groups is 1. The van der Waals surface area contributed by atoms with Crippen molar-refractivity contribution in [2.75, 3.05) is 0 Å². The van der Waals surface area contributed by atoms with Crippen molar-refractivity contribution >= 4 is 41.4 Å². The zero-order valence-electron chi connectivity index (χ0n) is 25.9. The van der Waals surface area contributed by atoms with Gasteiger partial charge in [0.15, 0.2) is 0 Å². The maximum Gasteiger partial charge on any atom is 0.326 e. The van der Waals surface area contributed by atoms with Crippen molar-refractivity contribution in [1.82, 2.24) is 31.2 Å². The minimum absolute atomic E-state index is 0.0580. The average Bonchev–Trinajstić information content (AvgIpc) is 3.49. The Morgan fingerprint density at radius 2 is 1.30 bits per heavy atom. The average molecular weight is 660 g/mol. The van der Waals surface area contributed by atoms with E-state index in [1.807, 2.05) is 0 Å². The lowest BCUT2D eigenvalue weighted by Crippen LogP contribution is -2.59. The molecule has 0 aliphatic heterocycles. The van der Waals surface area contributed by atoms with Gasteiger partial charge in [-0.15, -0.1) is 0 Å². The van der Waals surface area contributed by atoms with E-state index in [4.69, 9.17) is 17.2 Å². The number of amides is 6. The summed E-state index contributed by atoms with van der Waals surface area (Å²) < 4.78 is 0. The lowest BCUT2D eigenvalue weighted by Gasteiger charge is -2.26. The monoisotopic (exact) mass is 659 g/mol. The van der Waals surface area contributed by atoms with Crippen LogP contribution >= 0.6 is 0 Å². The van der Waals surface area contributed by atoms with Crippen molar-refractivity contribution in [3.05, 3.63) is 48.0 Å². The molecule has 1 aromatic carbocycles. The van der Waals surface area contributed by atoms with Gasteiger partial charge in [0.1, 0.15) is 29.9 Å². The summed E-state index contributed by atoms with van der Waals surface area (Å²) >= 11 is 0. The molecule has 0 fully saturated rings. The van der Waals surface area contributed by atoms with Crippen LogP contribution in [0.3, 0.4) is 0 Å². The van der Waals surface area contributed by atoms with Gasteiger partial charge in [0.25, 0.3) is 0 Å². The highest BCUT2D eigenvalue weighted by atomic mass is 16.4. The predicted molar refractivity (Wildman–Crippen MR) is 165 cm³/mol. The third kappa shape index (κ3) is 13.2. The molecule has 18 nitrogen and oxygen atoms in total. The standard InChI is InChI=1S/C29H41N9O9/c1-14(2)7-19(26(43)38-22(29(46)47)9-16-12-33-13-34-16)36-28(45)21(11-24(32)41)37-27(44)20(8-15-3-5-17(39)6-4-15)35-25(42)18(30)10-23(31)40/h3-6,12-14,18-22,39H,7-11,30H2,1-2H3,(H2,31,40)(H2,32,41)(H,33,34)(H,35,42)(H,36,45)(H,37,44)(H,38,43)(H,46,47)/t18-,19-,20-,21-,22-/m0/s1. The maximum atomic E-state index is 13.5. The summed E-state index contributed by atoms with van der Waals surface area (Å²) in [5.41, 5.74) is 17.1. The molecule has 47 heavy (non-hydrogen) atoms. The van der Waals surface area contributed by atoms with Gasteiger partial charge in [-0.2, -0.15) is 0 Å². The quantitative estimate of drug-likeness (QED) is 0.0726. The van der Waals surface area contributed by atoms with E-state index in [0.29, 0.717) is 11.3 Å². The molecular weight excluding hydrogens is 618 g/mol. The van der Waals surface area contributed by atoms with Crippen molar-refractivity contribution in [3.8, 4) is 5.75 Å². The number of phenolic OH excluding ortho intramolecular Hbond substituents is 1. The Labute approximate surface area is 269 Å². The molecule has 18 heteroatoms. The number of nitrogens with two attached hydrogens (primary N) is 3. The van der Waals surface area contributed by atoms with Crippen LogP contribution < -0.4 is 38.5 Å². The summed E-state index contributed by atoms with van der Waals surface area (Å²) in [5.74, 6) is -7.08. The Morgan fingerprint density at radius 3 is 1.83 bits per heavy atom. The zero-order chi connectivity index (χ0) is 35.3. The molecule has 0 bridgehead atoms. The Bertz CT molecular complexity index is 1410. The van der Waals surface area contributed by atoms with Gasteiger partial charge in [0.2, 0.25) is 35.4 Å². The van der Waals surface area contributed by atoms with Gasteiger partial charge in [-0.25, -0.2) is 9.78 Å². The van der Waals surface area contributed by atoms with E-state index in [2.05, 4.69) is 31.2 Å². The van der Waals surface area contributed by atoms with E-state index >= 15 is 0 Å². The number of imidazole rings is 1. The molecule has 0 saturated heterocycles. The minimum Gasteiger partial charge on any atom is -0.508 e. The normalized spacial score (nSPS) is 14.1. The topological polar surface area (TPSA) is 315 Å². The van der Waals surface area contributed by atoms with Crippen molar-refractivity contribution in [1.29, 1.82) is 0 Å². The first kappa shape index (κ1) is 37.7. The number of carboxylic acid groups (broad SMARTS) is 1. The van der Waals surface area contributed by atoms with Crippen molar-refractivity contribution in [2.24, 2.45) is 23.1 Å². The second kappa shape index (κ2) is 17.8. The number of rotatable bonds is 19. The molecule has 0 spiro atoms. The van der Waals surface area contributed by atoms with Crippen LogP contribution in [-0.2, 0) is 46.4 Å². The molecule has 0 saturated carbocycles. The highest BCUT2D eigenvalue weighted by Gasteiger charge is 2.33. The Kier molecular flexibility index (Phi) is 14.3. The number of carboxylic acids is 1. The number of aromatic amines is 1. The van der Waals surface area contributed by atoms with Crippen LogP contribution in [0.1, 0.15) is 44.4 Å². The van der Waals surface area contributed by atoms with Gasteiger partial charge in [-0.05, 0) is 30.0 Å². The lowest BCUT2D eigenvalue weighted by atomic mass is 10.0. The fourth-order valence-corrected chi connectivity index (χ4v) is 4.41. The number of benzene rings is 1. The second-order valence-electron chi connectivity index (χ2n) is 11.3. The molecule has 2 rings (SSSR count). The highest BCUT2D eigenvalue weighted by molar-refractivity contribution is 5.97. The van der Waals surface area contributed by atoms with Crippen LogP contribution in [0.4, 0.5) is 0 Å². The number of nitrogens with zero attached hydrogens (tertiary/aromatic N) is 1. The summed E-state index contributed by atoms with van der Waals surface area (Å²) in [6.07, 6.45) is 1.29. The molecule has 0 aliphatic rings. The summed E-state index contributed by atoms with van der Waals surface area (Å²) in [5, 5.41) is 28.9. The molecule has 5 atom stereocenters. The minimum atomic E-state index is -1.62. The third-order valence-corrected chi connectivity index (χ3v) is 6.74. The summed E-state index contributed by atoms with van der Waals surface area (Å²) in [6.45, 7) is 3.52. The molecule has 0 unspecified atom stereocenters. The van der Waals surface area contributed by atoms with Crippen molar-refractivity contribution < 1.29 is 43.8 Å². The molecule has 256 valence electrons. The van der Waals surface area contributed by atoms with E-state index in [-0.39, 0.29) is 30.9 Å². The first-order chi connectivity index (χ1) is 22.0. The number of H-pyrrole nitrogens is 1. The lowest BCUT2D eigenvalue weighted by molar-refractivity contribution is -0.142. The molecule has 1 heterocycles. The second-order valence-corrected chi connectivity index (χ2v) is 11.3.